The number of likely N-dealkylation sites (tertiary alicyclic amines) is 1. The summed E-state index contributed by atoms with van der Waals surface area (Å²) in [4.78, 5) is 24.3. The van der Waals surface area contributed by atoms with Crippen molar-refractivity contribution in [3.8, 4) is 0 Å². The Hall–Kier alpha value is -1.10. The molecule has 0 aromatic rings. The predicted octanol–water partition coefficient (Wildman–Crippen LogP) is -0.306. The van der Waals surface area contributed by atoms with Gasteiger partial charge in [0.05, 0.1) is 12.5 Å². The fourth-order valence-electron chi connectivity index (χ4n) is 2.00. The van der Waals surface area contributed by atoms with E-state index in [2.05, 4.69) is 13.8 Å². The van der Waals surface area contributed by atoms with Crippen LogP contribution >= 0.6 is 0 Å². The second-order valence-electron chi connectivity index (χ2n) is 4.80. The lowest BCUT2D eigenvalue weighted by Crippen LogP contribution is -2.50. The van der Waals surface area contributed by atoms with Gasteiger partial charge in [0.15, 0.2) is 0 Å². The van der Waals surface area contributed by atoms with Gasteiger partial charge >= 0.3 is 0 Å². The molecule has 5 nitrogen and oxygen atoms in total. The summed E-state index contributed by atoms with van der Waals surface area (Å²) in [5.41, 5.74) is 10.7. The molecule has 4 N–H and O–H groups in total. The summed E-state index contributed by atoms with van der Waals surface area (Å²) in [6.45, 7) is 5.78. The SMILES string of the molecule is CC1CCN(C(=O)C(N)CC(N)=O)CC1C. The largest absolute Gasteiger partial charge is 0.370 e. The molecule has 92 valence electrons. The van der Waals surface area contributed by atoms with Gasteiger partial charge in [-0.05, 0) is 18.3 Å². The molecule has 0 aliphatic carbocycles. The lowest BCUT2D eigenvalue weighted by atomic mass is 9.88. The van der Waals surface area contributed by atoms with Crippen molar-refractivity contribution in [3.05, 3.63) is 0 Å². The smallest absolute Gasteiger partial charge is 0.240 e. The van der Waals surface area contributed by atoms with Crippen molar-refractivity contribution >= 4 is 11.8 Å². The molecule has 1 aliphatic heterocycles. The third-order valence-corrected chi connectivity index (χ3v) is 3.38. The summed E-state index contributed by atoms with van der Waals surface area (Å²) in [6, 6.07) is -0.780. The van der Waals surface area contributed by atoms with Gasteiger partial charge in [-0.1, -0.05) is 13.8 Å². The second kappa shape index (κ2) is 5.30. The highest BCUT2D eigenvalue weighted by molar-refractivity contribution is 5.87. The van der Waals surface area contributed by atoms with E-state index >= 15 is 0 Å². The van der Waals surface area contributed by atoms with E-state index < -0.39 is 11.9 Å². The number of hydrogen-bond acceptors (Lipinski definition) is 3. The van der Waals surface area contributed by atoms with Gasteiger partial charge < -0.3 is 16.4 Å². The van der Waals surface area contributed by atoms with E-state index in [4.69, 9.17) is 11.5 Å². The first kappa shape index (κ1) is 13.0. The normalized spacial score (nSPS) is 27.6. The Bertz CT molecular complexity index is 280. The third kappa shape index (κ3) is 3.20. The number of primary amides is 1. The molecule has 0 aromatic carbocycles. The molecule has 0 saturated carbocycles. The first-order valence-corrected chi connectivity index (χ1v) is 5.74. The Morgan fingerprint density at radius 3 is 2.50 bits per heavy atom. The molecular formula is C11H21N3O2. The fraction of sp³-hybridized carbons (Fsp3) is 0.818. The monoisotopic (exact) mass is 227 g/mol. The molecule has 0 radical (unpaired) electrons. The molecule has 1 rings (SSSR count). The number of nitrogens with zero attached hydrogens (tertiary/aromatic N) is 1. The van der Waals surface area contributed by atoms with Crippen LogP contribution in [-0.2, 0) is 9.59 Å². The summed E-state index contributed by atoms with van der Waals surface area (Å²) >= 11 is 0. The molecule has 1 saturated heterocycles. The molecule has 3 unspecified atom stereocenters. The van der Waals surface area contributed by atoms with Gasteiger partial charge in [0.25, 0.3) is 0 Å². The van der Waals surface area contributed by atoms with Crippen LogP contribution in [0.25, 0.3) is 0 Å². The molecule has 0 aromatic heterocycles. The Morgan fingerprint density at radius 1 is 1.38 bits per heavy atom. The molecule has 1 fully saturated rings. The molecule has 2 amide bonds. The van der Waals surface area contributed by atoms with Gasteiger partial charge in [-0.3, -0.25) is 9.59 Å². The highest BCUT2D eigenvalue weighted by Crippen LogP contribution is 2.22. The van der Waals surface area contributed by atoms with Gasteiger partial charge in [0.1, 0.15) is 0 Å². The van der Waals surface area contributed by atoms with Crippen LogP contribution in [0.1, 0.15) is 26.7 Å². The molecule has 16 heavy (non-hydrogen) atoms. The second-order valence-corrected chi connectivity index (χ2v) is 4.80. The van der Waals surface area contributed by atoms with Crippen molar-refractivity contribution in [2.45, 2.75) is 32.7 Å². The summed E-state index contributed by atoms with van der Waals surface area (Å²) in [6.07, 6.45) is 0.926. The van der Waals surface area contributed by atoms with Gasteiger partial charge in [-0.25, -0.2) is 0 Å². The van der Waals surface area contributed by atoms with Gasteiger partial charge in [-0.2, -0.15) is 0 Å². The number of rotatable bonds is 3. The van der Waals surface area contributed by atoms with Crippen LogP contribution in [0.3, 0.4) is 0 Å². The fourth-order valence-corrected chi connectivity index (χ4v) is 2.00. The first-order chi connectivity index (χ1) is 7.41. The summed E-state index contributed by atoms with van der Waals surface area (Å²) < 4.78 is 0. The minimum absolute atomic E-state index is 0.0702. The zero-order chi connectivity index (χ0) is 12.3. The molecule has 1 aliphatic rings. The molecule has 0 bridgehead atoms. The maximum absolute atomic E-state index is 11.9. The number of carbonyl (C=O) groups is 2. The van der Waals surface area contributed by atoms with Gasteiger partial charge in [0, 0.05) is 13.1 Å². The van der Waals surface area contributed by atoms with Crippen molar-refractivity contribution in [3.63, 3.8) is 0 Å². The van der Waals surface area contributed by atoms with E-state index in [0.717, 1.165) is 19.5 Å². The zero-order valence-electron chi connectivity index (χ0n) is 9.98. The Kier molecular flexibility index (Phi) is 4.29. The quantitative estimate of drug-likeness (QED) is 0.693. The van der Waals surface area contributed by atoms with E-state index in [9.17, 15) is 9.59 Å². The minimum atomic E-state index is -0.780. The number of hydrogen-bond donors (Lipinski definition) is 2. The van der Waals surface area contributed by atoms with E-state index in [1.807, 2.05) is 0 Å². The molecule has 1 heterocycles. The topological polar surface area (TPSA) is 89.4 Å². The lowest BCUT2D eigenvalue weighted by Gasteiger charge is -2.36. The lowest BCUT2D eigenvalue weighted by molar-refractivity contribution is -0.136. The van der Waals surface area contributed by atoms with Crippen LogP contribution in [0.15, 0.2) is 0 Å². The average Bonchev–Trinajstić information content (AvgIpc) is 2.20. The predicted molar refractivity (Wildman–Crippen MR) is 61.3 cm³/mol. The van der Waals surface area contributed by atoms with Crippen LogP contribution in [0.2, 0.25) is 0 Å². The van der Waals surface area contributed by atoms with Gasteiger partial charge in [-0.15, -0.1) is 0 Å². The van der Waals surface area contributed by atoms with E-state index in [1.54, 1.807) is 4.90 Å². The van der Waals surface area contributed by atoms with E-state index in [-0.39, 0.29) is 12.3 Å². The number of piperidine rings is 1. The van der Waals surface area contributed by atoms with Crippen molar-refractivity contribution in [1.29, 1.82) is 0 Å². The maximum atomic E-state index is 11.9. The van der Waals surface area contributed by atoms with Crippen LogP contribution in [0.5, 0.6) is 0 Å². The molecular weight excluding hydrogens is 206 g/mol. The van der Waals surface area contributed by atoms with Crippen LogP contribution < -0.4 is 11.5 Å². The number of amides is 2. The first-order valence-electron chi connectivity index (χ1n) is 5.74. The van der Waals surface area contributed by atoms with Crippen LogP contribution in [-0.4, -0.2) is 35.8 Å². The van der Waals surface area contributed by atoms with Crippen molar-refractivity contribution in [1.82, 2.24) is 4.90 Å². The maximum Gasteiger partial charge on any atom is 0.240 e. The van der Waals surface area contributed by atoms with Crippen molar-refractivity contribution < 1.29 is 9.59 Å². The Morgan fingerprint density at radius 2 is 2.00 bits per heavy atom. The van der Waals surface area contributed by atoms with Crippen LogP contribution in [0, 0.1) is 11.8 Å². The number of carbonyl (C=O) groups excluding carboxylic acids is 2. The van der Waals surface area contributed by atoms with Crippen molar-refractivity contribution in [2.24, 2.45) is 23.3 Å². The van der Waals surface area contributed by atoms with Gasteiger partial charge in [0.2, 0.25) is 11.8 Å². The minimum Gasteiger partial charge on any atom is -0.370 e. The van der Waals surface area contributed by atoms with E-state index in [0.29, 0.717) is 11.8 Å². The number of nitrogens with two attached hydrogens (primary N) is 2. The summed E-state index contributed by atoms with van der Waals surface area (Å²) in [5, 5.41) is 0. The zero-order valence-corrected chi connectivity index (χ0v) is 9.98. The highest BCUT2D eigenvalue weighted by atomic mass is 16.2. The van der Waals surface area contributed by atoms with Crippen molar-refractivity contribution in [2.75, 3.05) is 13.1 Å². The molecule has 0 spiro atoms. The Labute approximate surface area is 96.1 Å². The summed E-state index contributed by atoms with van der Waals surface area (Å²) in [5.74, 6) is 0.437. The van der Waals surface area contributed by atoms with Crippen LogP contribution in [0.4, 0.5) is 0 Å². The standard InChI is InChI=1S/C11H21N3O2/c1-7-3-4-14(6-8(7)2)11(16)9(12)5-10(13)15/h7-9H,3-6,12H2,1-2H3,(H2,13,15). The molecule has 3 atom stereocenters. The highest BCUT2D eigenvalue weighted by Gasteiger charge is 2.29. The third-order valence-electron chi connectivity index (χ3n) is 3.38. The average molecular weight is 227 g/mol. The summed E-state index contributed by atoms with van der Waals surface area (Å²) in [7, 11) is 0. The molecule has 5 heteroatoms. The Balaban J connectivity index is 2.51. The van der Waals surface area contributed by atoms with E-state index in [1.165, 1.54) is 0 Å².